The van der Waals surface area contributed by atoms with Crippen molar-refractivity contribution in [2.45, 2.75) is 57.5 Å². The molecule has 0 heterocycles. The highest BCUT2D eigenvalue weighted by Crippen LogP contribution is 2.33. The van der Waals surface area contributed by atoms with E-state index >= 15 is 0 Å². The topological polar surface area (TPSA) is 96.0 Å². The number of halogens is 1. The standard InChI is InChI=1S/C37H42ClN3O5S/c1-4-6-24-39-37(43)34(25-29-12-8-7-9-13-29)40(26-30-18-16-28(3)17-19-30)36(42)27-41(33-14-10-11-15-35(33)46-5-2)47(44,45)32-22-20-31(38)21-23-32/h7-23,34H,4-6,24-27H2,1-3H3,(H,39,43)/t34-/m1/s1. The zero-order valence-electron chi connectivity index (χ0n) is 27.1. The summed E-state index contributed by atoms with van der Waals surface area (Å²) in [7, 11) is -4.29. The number of carbonyl (C=O) groups is 2. The van der Waals surface area contributed by atoms with Crippen LogP contribution in [0, 0.1) is 6.92 Å². The Bertz CT molecular complexity index is 1720. The number of nitrogens with one attached hydrogen (secondary N) is 1. The molecule has 1 atom stereocenters. The average Bonchev–Trinajstić information content (AvgIpc) is 3.07. The molecule has 0 fully saturated rings. The molecule has 4 aromatic carbocycles. The molecule has 0 saturated carbocycles. The first-order chi connectivity index (χ1) is 22.6. The van der Waals surface area contributed by atoms with Gasteiger partial charge in [0.05, 0.1) is 17.2 Å². The minimum absolute atomic E-state index is 0.0377. The van der Waals surface area contributed by atoms with Gasteiger partial charge in [-0.2, -0.15) is 0 Å². The average molecular weight is 676 g/mol. The van der Waals surface area contributed by atoms with Gasteiger partial charge in [-0.15, -0.1) is 0 Å². The third-order valence-corrected chi connectivity index (χ3v) is 9.71. The van der Waals surface area contributed by atoms with Gasteiger partial charge in [-0.05, 0) is 67.8 Å². The Morgan fingerprint density at radius 3 is 2.17 bits per heavy atom. The Morgan fingerprint density at radius 2 is 1.51 bits per heavy atom. The van der Waals surface area contributed by atoms with Crippen LogP contribution in [0.25, 0.3) is 0 Å². The fraction of sp³-hybridized carbons (Fsp3) is 0.297. The van der Waals surface area contributed by atoms with E-state index in [4.69, 9.17) is 16.3 Å². The third-order valence-electron chi connectivity index (χ3n) is 7.69. The molecule has 2 amide bonds. The lowest BCUT2D eigenvalue weighted by atomic mass is 10.0. The zero-order valence-corrected chi connectivity index (χ0v) is 28.6. The van der Waals surface area contributed by atoms with Gasteiger partial charge in [-0.25, -0.2) is 8.42 Å². The predicted octanol–water partition coefficient (Wildman–Crippen LogP) is 6.80. The van der Waals surface area contributed by atoms with E-state index in [-0.39, 0.29) is 36.1 Å². The molecule has 4 rings (SSSR count). The predicted molar refractivity (Wildman–Crippen MR) is 187 cm³/mol. The fourth-order valence-corrected chi connectivity index (χ4v) is 6.69. The second-order valence-corrected chi connectivity index (χ2v) is 13.5. The van der Waals surface area contributed by atoms with Gasteiger partial charge in [0, 0.05) is 24.5 Å². The van der Waals surface area contributed by atoms with Crippen molar-refractivity contribution in [2.75, 3.05) is 24.0 Å². The van der Waals surface area contributed by atoms with Crippen molar-refractivity contribution in [3.63, 3.8) is 0 Å². The van der Waals surface area contributed by atoms with E-state index in [1.807, 2.05) is 68.4 Å². The minimum atomic E-state index is -4.29. The van der Waals surface area contributed by atoms with Crippen LogP contribution in [0.2, 0.25) is 5.02 Å². The van der Waals surface area contributed by atoms with Crippen LogP contribution in [-0.2, 0) is 32.6 Å². The van der Waals surface area contributed by atoms with Crippen molar-refractivity contribution < 1.29 is 22.7 Å². The maximum absolute atomic E-state index is 14.6. The molecule has 0 unspecified atom stereocenters. The van der Waals surface area contributed by atoms with Crippen molar-refractivity contribution in [1.82, 2.24) is 10.2 Å². The Hall–Kier alpha value is -4.34. The highest BCUT2D eigenvalue weighted by Gasteiger charge is 2.35. The number of anilines is 1. The lowest BCUT2D eigenvalue weighted by molar-refractivity contribution is -0.140. The van der Waals surface area contributed by atoms with Crippen LogP contribution in [0.5, 0.6) is 5.75 Å². The molecule has 0 aliphatic rings. The van der Waals surface area contributed by atoms with Crippen molar-refractivity contribution in [1.29, 1.82) is 0 Å². The Morgan fingerprint density at radius 1 is 0.851 bits per heavy atom. The van der Waals surface area contributed by atoms with E-state index in [2.05, 4.69) is 5.32 Å². The van der Waals surface area contributed by atoms with Gasteiger partial charge in [-0.3, -0.25) is 13.9 Å². The largest absolute Gasteiger partial charge is 0.492 e. The molecule has 0 saturated heterocycles. The molecular formula is C37H42ClN3O5S. The van der Waals surface area contributed by atoms with E-state index < -0.39 is 28.5 Å². The lowest BCUT2D eigenvalue weighted by Gasteiger charge is -2.34. The van der Waals surface area contributed by atoms with Crippen LogP contribution < -0.4 is 14.4 Å². The van der Waals surface area contributed by atoms with E-state index in [1.54, 1.807) is 31.2 Å². The molecule has 4 aromatic rings. The normalized spacial score (nSPS) is 11.8. The Labute approximate surface area is 283 Å². The number of hydrogen-bond acceptors (Lipinski definition) is 5. The SMILES string of the molecule is CCCCNC(=O)[C@@H](Cc1ccccc1)N(Cc1ccc(C)cc1)C(=O)CN(c1ccccc1OCC)S(=O)(=O)c1ccc(Cl)cc1. The molecule has 1 N–H and O–H groups in total. The van der Waals surface area contributed by atoms with Crippen LogP contribution in [0.4, 0.5) is 5.69 Å². The highest BCUT2D eigenvalue weighted by atomic mass is 35.5. The molecule has 0 aliphatic heterocycles. The molecule has 8 nitrogen and oxygen atoms in total. The van der Waals surface area contributed by atoms with Crippen LogP contribution in [0.3, 0.4) is 0 Å². The maximum atomic E-state index is 14.6. The molecule has 10 heteroatoms. The number of unbranched alkanes of at least 4 members (excludes halogenated alkanes) is 1. The van der Waals surface area contributed by atoms with Crippen molar-refractivity contribution in [3.05, 3.63) is 125 Å². The minimum Gasteiger partial charge on any atom is -0.492 e. The van der Waals surface area contributed by atoms with E-state index in [1.165, 1.54) is 29.2 Å². The molecule has 0 aromatic heterocycles. The van der Waals surface area contributed by atoms with Gasteiger partial charge < -0.3 is 15.0 Å². The first-order valence-electron chi connectivity index (χ1n) is 15.8. The Balaban J connectivity index is 1.82. The summed E-state index contributed by atoms with van der Waals surface area (Å²) in [5, 5.41) is 3.39. The molecule has 0 spiro atoms. The van der Waals surface area contributed by atoms with Gasteiger partial charge in [-0.1, -0.05) is 97.2 Å². The van der Waals surface area contributed by atoms with Gasteiger partial charge in [0.1, 0.15) is 18.3 Å². The number of rotatable bonds is 16. The van der Waals surface area contributed by atoms with E-state index in [9.17, 15) is 18.0 Å². The molecule has 0 bridgehead atoms. The number of ether oxygens (including phenoxy) is 1. The summed E-state index contributed by atoms with van der Waals surface area (Å²) in [4.78, 5) is 30.0. The summed E-state index contributed by atoms with van der Waals surface area (Å²) < 4.78 is 35.5. The number of nitrogens with zero attached hydrogens (tertiary/aromatic N) is 2. The van der Waals surface area contributed by atoms with Gasteiger partial charge >= 0.3 is 0 Å². The molecule has 47 heavy (non-hydrogen) atoms. The number of benzene rings is 4. The fourth-order valence-electron chi connectivity index (χ4n) is 5.14. The maximum Gasteiger partial charge on any atom is 0.264 e. The molecule has 0 aliphatic carbocycles. The molecule has 248 valence electrons. The molecule has 0 radical (unpaired) electrons. The van der Waals surface area contributed by atoms with E-state index in [0.29, 0.717) is 17.3 Å². The highest BCUT2D eigenvalue weighted by molar-refractivity contribution is 7.92. The summed E-state index contributed by atoms with van der Waals surface area (Å²) in [5.74, 6) is -0.533. The second-order valence-electron chi connectivity index (χ2n) is 11.2. The quantitative estimate of drug-likeness (QED) is 0.132. The third kappa shape index (κ3) is 9.59. The summed E-state index contributed by atoms with van der Waals surface area (Å²) in [6, 6.07) is 28.8. The number of carbonyl (C=O) groups excluding carboxylic acids is 2. The summed E-state index contributed by atoms with van der Waals surface area (Å²) in [6.07, 6.45) is 1.93. The summed E-state index contributed by atoms with van der Waals surface area (Å²) >= 11 is 6.09. The first-order valence-corrected chi connectivity index (χ1v) is 17.6. The van der Waals surface area contributed by atoms with Crippen LogP contribution in [0.15, 0.2) is 108 Å². The van der Waals surface area contributed by atoms with Crippen LogP contribution in [0.1, 0.15) is 43.4 Å². The number of aryl methyl sites for hydroxylation is 1. The van der Waals surface area contributed by atoms with Gasteiger partial charge in [0.2, 0.25) is 11.8 Å². The van der Waals surface area contributed by atoms with Gasteiger partial charge in [0.25, 0.3) is 10.0 Å². The number of amides is 2. The molecular weight excluding hydrogens is 634 g/mol. The monoisotopic (exact) mass is 675 g/mol. The van der Waals surface area contributed by atoms with Crippen LogP contribution in [-0.4, -0.2) is 50.9 Å². The number of para-hydroxylation sites is 2. The number of hydrogen-bond donors (Lipinski definition) is 1. The second kappa shape index (κ2) is 17.0. The Kier molecular flexibility index (Phi) is 12.8. The zero-order chi connectivity index (χ0) is 33.8. The van der Waals surface area contributed by atoms with Crippen molar-refractivity contribution in [2.24, 2.45) is 0 Å². The van der Waals surface area contributed by atoms with E-state index in [0.717, 1.165) is 33.8 Å². The van der Waals surface area contributed by atoms with Crippen molar-refractivity contribution in [3.8, 4) is 5.75 Å². The smallest absolute Gasteiger partial charge is 0.264 e. The number of sulfonamides is 1. The van der Waals surface area contributed by atoms with Gasteiger partial charge in [0.15, 0.2) is 0 Å². The summed E-state index contributed by atoms with van der Waals surface area (Å²) in [6.45, 7) is 6.09. The van der Waals surface area contributed by atoms with Crippen LogP contribution >= 0.6 is 11.6 Å². The first kappa shape index (κ1) is 35.5. The van der Waals surface area contributed by atoms with Crippen molar-refractivity contribution >= 4 is 39.1 Å². The lowest BCUT2D eigenvalue weighted by Crippen LogP contribution is -2.53. The summed E-state index contributed by atoms with van der Waals surface area (Å²) in [5.41, 5.74) is 2.94.